The molecule has 3 aromatic rings. The normalized spacial score (nSPS) is 13.1. The summed E-state index contributed by atoms with van der Waals surface area (Å²) < 4.78 is 6.74. The third-order valence-electron chi connectivity index (χ3n) is 4.68. The first-order valence-electron chi connectivity index (χ1n) is 9.51. The Kier molecular flexibility index (Phi) is 6.46. The third kappa shape index (κ3) is 4.24. The van der Waals surface area contributed by atoms with Crippen molar-refractivity contribution in [2.45, 2.75) is 25.0 Å². The zero-order valence-electron chi connectivity index (χ0n) is 16.2. The molecule has 0 heterocycles. The second-order valence-electron chi connectivity index (χ2n) is 6.75. The molecule has 0 fully saturated rings. The molecule has 142 valence electrons. The van der Waals surface area contributed by atoms with E-state index in [-0.39, 0.29) is 11.9 Å². The molecule has 0 radical (unpaired) electrons. The molecule has 0 saturated carbocycles. The van der Waals surface area contributed by atoms with Gasteiger partial charge in [-0.2, -0.15) is 0 Å². The molecule has 0 aliphatic heterocycles. The number of hydrogen-bond donors (Lipinski definition) is 1. The van der Waals surface area contributed by atoms with Crippen LogP contribution in [0.3, 0.4) is 0 Å². The largest absolute Gasteiger partial charge is 0.512 e. The lowest BCUT2D eigenvalue weighted by molar-refractivity contribution is -0.0171. The van der Waals surface area contributed by atoms with Crippen molar-refractivity contribution in [2.75, 3.05) is 0 Å². The van der Waals surface area contributed by atoms with Crippen LogP contribution < -0.4 is 0 Å². The summed E-state index contributed by atoms with van der Waals surface area (Å²) in [7, 11) is 0. The Balaban J connectivity index is 2.19. The lowest BCUT2D eigenvalue weighted by Crippen LogP contribution is -2.35. The van der Waals surface area contributed by atoms with Crippen LogP contribution >= 0.6 is 0 Å². The first-order chi connectivity index (χ1) is 13.7. The van der Waals surface area contributed by atoms with Gasteiger partial charge in [0, 0.05) is 6.42 Å². The molecule has 3 aromatic carbocycles. The summed E-state index contributed by atoms with van der Waals surface area (Å²) in [6.07, 6.45) is 3.52. The number of ether oxygens (including phenoxy) is 1. The average molecular weight is 370 g/mol. The number of rotatable bonds is 8. The van der Waals surface area contributed by atoms with E-state index in [0.29, 0.717) is 6.42 Å². The van der Waals surface area contributed by atoms with Gasteiger partial charge >= 0.3 is 0 Å². The van der Waals surface area contributed by atoms with E-state index >= 15 is 0 Å². The molecule has 0 aliphatic carbocycles. The SMILES string of the molecule is C=CCC(O)=CC(C)OC(c1ccccc1)(c1ccccc1)c1ccccc1. The first kappa shape index (κ1) is 19.7. The highest BCUT2D eigenvalue weighted by Crippen LogP contribution is 2.41. The minimum absolute atomic E-state index is 0.255. The first-order valence-corrected chi connectivity index (χ1v) is 9.51. The van der Waals surface area contributed by atoms with Gasteiger partial charge in [0.05, 0.1) is 11.9 Å². The van der Waals surface area contributed by atoms with Gasteiger partial charge in [-0.25, -0.2) is 0 Å². The highest BCUT2D eigenvalue weighted by atomic mass is 16.5. The van der Waals surface area contributed by atoms with E-state index in [4.69, 9.17) is 4.74 Å². The van der Waals surface area contributed by atoms with E-state index in [0.717, 1.165) is 16.7 Å². The maximum absolute atomic E-state index is 10.1. The number of aliphatic hydroxyl groups is 1. The minimum Gasteiger partial charge on any atom is -0.512 e. The number of benzene rings is 3. The van der Waals surface area contributed by atoms with Gasteiger partial charge in [0.2, 0.25) is 0 Å². The predicted molar refractivity (Wildman–Crippen MR) is 115 cm³/mol. The standard InChI is InChI=1S/C26H26O2/c1-3-13-25(27)20-21(2)28-26(22-14-7-4-8-15-22,23-16-9-5-10-17-23)24-18-11-6-12-19-24/h3-12,14-21,27H,1,13H2,2H3. The summed E-state index contributed by atoms with van der Waals surface area (Å²) in [5.74, 6) is 0.255. The summed E-state index contributed by atoms with van der Waals surface area (Å²) in [6, 6.07) is 30.6. The Morgan fingerprint density at radius 2 is 1.25 bits per heavy atom. The van der Waals surface area contributed by atoms with E-state index in [1.807, 2.05) is 61.5 Å². The van der Waals surface area contributed by atoms with E-state index in [2.05, 4.69) is 43.0 Å². The molecule has 0 bridgehead atoms. The van der Waals surface area contributed by atoms with Crippen LogP contribution in [0.15, 0.2) is 115 Å². The van der Waals surface area contributed by atoms with E-state index in [1.165, 1.54) is 0 Å². The Hall–Kier alpha value is -3.10. The Morgan fingerprint density at radius 1 is 0.857 bits per heavy atom. The maximum atomic E-state index is 10.1. The Morgan fingerprint density at radius 3 is 1.61 bits per heavy atom. The topological polar surface area (TPSA) is 29.5 Å². The van der Waals surface area contributed by atoms with Crippen molar-refractivity contribution in [3.05, 3.63) is 132 Å². The van der Waals surface area contributed by atoms with E-state index in [1.54, 1.807) is 12.2 Å². The lowest BCUT2D eigenvalue weighted by atomic mass is 9.80. The second kappa shape index (κ2) is 9.20. The lowest BCUT2D eigenvalue weighted by Gasteiger charge is -2.37. The fourth-order valence-electron chi connectivity index (χ4n) is 3.52. The van der Waals surface area contributed by atoms with Crippen LogP contribution in [0.5, 0.6) is 0 Å². The summed E-state index contributed by atoms with van der Waals surface area (Å²) in [6.45, 7) is 5.63. The molecule has 0 aliphatic rings. The molecule has 0 spiro atoms. The molecule has 0 aromatic heterocycles. The molecule has 1 atom stereocenters. The van der Waals surface area contributed by atoms with E-state index < -0.39 is 5.60 Å². The zero-order valence-corrected chi connectivity index (χ0v) is 16.2. The minimum atomic E-state index is -0.797. The van der Waals surface area contributed by atoms with Crippen LogP contribution in [0.25, 0.3) is 0 Å². The second-order valence-corrected chi connectivity index (χ2v) is 6.75. The Labute approximate surface area is 167 Å². The zero-order chi connectivity index (χ0) is 19.8. The molecule has 2 nitrogen and oxygen atoms in total. The third-order valence-corrected chi connectivity index (χ3v) is 4.68. The maximum Gasteiger partial charge on any atom is 0.144 e. The van der Waals surface area contributed by atoms with Crippen molar-refractivity contribution < 1.29 is 9.84 Å². The highest BCUT2D eigenvalue weighted by Gasteiger charge is 2.38. The van der Waals surface area contributed by atoms with Crippen molar-refractivity contribution in [3.63, 3.8) is 0 Å². The van der Waals surface area contributed by atoms with Gasteiger partial charge in [0.25, 0.3) is 0 Å². The molecule has 0 saturated heterocycles. The van der Waals surface area contributed by atoms with Gasteiger partial charge in [-0.1, -0.05) is 97.1 Å². The van der Waals surface area contributed by atoms with Crippen molar-refractivity contribution in [3.8, 4) is 0 Å². The molecule has 28 heavy (non-hydrogen) atoms. The fraction of sp³-hybridized carbons (Fsp3) is 0.154. The van der Waals surface area contributed by atoms with Crippen molar-refractivity contribution in [1.82, 2.24) is 0 Å². The van der Waals surface area contributed by atoms with Gasteiger partial charge in [-0.05, 0) is 29.7 Å². The van der Waals surface area contributed by atoms with Gasteiger partial charge in [0.15, 0.2) is 0 Å². The van der Waals surface area contributed by atoms with Gasteiger partial charge in [0.1, 0.15) is 5.60 Å². The van der Waals surface area contributed by atoms with Crippen LogP contribution in [0.2, 0.25) is 0 Å². The molecule has 2 heteroatoms. The molecular weight excluding hydrogens is 344 g/mol. The van der Waals surface area contributed by atoms with Crippen LogP contribution in [0.4, 0.5) is 0 Å². The van der Waals surface area contributed by atoms with Gasteiger partial charge < -0.3 is 9.84 Å². The van der Waals surface area contributed by atoms with Crippen molar-refractivity contribution in [1.29, 1.82) is 0 Å². The molecule has 1 N–H and O–H groups in total. The van der Waals surface area contributed by atoms with Gasteiger partial charge in [-0.3, -0.25) is 0 Å². The van der Waals surface area contributed by atoms with Crippen molar-refractivity contribution >= 4 is 0 Å². The van der Waals surface area contributed by atoms with Gasteiger partial charge in [-0.15, -0.1) is 6.58 Å². The fourth-order valence-corrected chi connectivity index (χ4v) is 3.52. The summed E-state index contributed by atoms with van der Waals surface area (Å²) in [4.78, 5) is 0. The molecule has 0 amide bonds. The molecular formula is C26H26O2. The quantitative estimate of drug-likeness (QED) is 0.282. The molecule has 1 unspecified atom stereocenters. The monoisotopic (exact) mass is 370 g/mol. The van der Waals surface area contributed by atoms with Crippen LogP contribution in [0, 0.1) is 0 Å². The predicted octanol–water partition coefficient (Wildman–Crippen LogP) is 6.40. The highest BCUT2D eigenvalue weighted by molar-refractivity contribution is 5.47. The summed E-state index contributed by atoms with van der Waals surface area (Å²) in [5, 5.41) is 10.1. The van der Waals surface area contributed by atoms with Crippen molar-refractivity contribution in [2.24, 2.45) is 0 Å². The summed E-state index contributed by atoms with van der Waals surface area (Å²) in [5.41, 5.74) is 2.32. The van der Waals surface area contributed by atoms with Crippen LogP contribution in [-0.2, 0) is 10.3 Å². The molecule has 3 rings (SSSR count). The van der Waals surface area contributed by atoms with E-state index in [9.17, 15) is 5.11 Å². The number of hydrogen-bond acceptors (Lipinski definition) is 2. The van der Waals surface area contributed by atoms with Crippen LogP contribution in [0.1, 0.15) is 30.0 Å². The number of allylic oxidation sites excluding steroid dienone is 1. The smallest absolute Gasteiger partial charge is 0.144 e. The number of aliphatic hydroxyl groups excluding tert-OH is 1. The summed E-state index contributed by atoms with van der Waals surface area (Å²) >= 11 is 0. The van der Waals surface area contributed by atoms with Crippen LogP contribution in [-0.4, -0.2) is 11.2 Å². The average Bonchev–Trinajstić information content (AvgIpc) is 2.74. The Bertz CT molecular complexity index is 802.